The van der Waals surface area contributed by atoms with Gasteiger partial charge in [-0.05, 0) is 32.0 Å². The van der Waals surface area contributed by atoms with Crippen LogP contribution in [0.4, 0.5) is 0 Å². The second-order valence-corrected chi connectivity index (χ2v) is 6.27. The fraction of sp³-hybridized carbons (Fsp3) is 0.421. The third-order valence-corrected chi connectivity index (χ3v) is 4.61. The van der Waals surface area contributed by atoms with Crippen molar-refractivity contribution < 1.29 is 14.3 Å². The van der Waals surface area contributed by atoms with Gasteiger partial charge in [-0.2, -0.15) is 5.10 Å². The minimum Gasteiger partial charge on any atom is -0.496 e. The summed E-state index contributed by atoms with van der Waals surface area (Å²) in [4.78, 5) is 29.1. The van der Waals surface area contributed by atoms with Gasteiger partial charge in [0.25, 0.3) is 11.8 Å². The van der Waals surface area contributed by atoms with Crippen LogP contribution >= 0.6 is 0 Å². The third kappa shape index (κ3) is 3.42. The SMILES string of the molecule is CCn1nc(C)cc1C(=O)N1CCN(C(=O)c2ccccc2OC)CC1. The minimum atomic E-state index is -0.0657. The lowest BCUT2D eigenvalue weighted by Gasteiger charge is -2.35. The van der Waals surface area contributed by atoms with E-state index in [1.165, 1.54) is 0 Å². The average Bonchev–Trinajstić information content (AvgIpc) is 3.07. The summed E-state index contributed by atoms with van der Waals surface area (Å²) in [6.45, 7) is 6.52. The van der Waals surface area contributed by atoms with E-state index in [2.05, 4.69) is 5.10 Å². The Hall–Kier alpha value is -2.83. The van der Waals surface area contributed by atoms with Crippen LogP contribution < -0.4 is 4.74 Å². The van der Waals surface area contributed by atoms with Crippen LogP contribution in [0.25, 0.3) is 0 Å². The Morgan fingerprint density at radius 2 is 1.69 bits per heavy atom. The molecule has 1 aliphatic rings. The number of piperazine rings is 1. The number of hydrogen-bond donors (Lipinski definition) is 0. The van der Waals surface area contributed by atoms with Crippen molar-refractivity contribution >= 4 is 11.8 Å². The molecular formula is C19H24N4O3. The molecule has 0 spiro atoms. The second kappa shape index (κ2) is 7.59. The summed E-state index contributed by atoms with van der Waals surface area (Å²) in [5, 5.41) is 4.34. The molecule has 1 fully saturated rings. The van der Waals surface area contributed by atoms with Gasteiger partial charge >= 0.3 is 0 Å². The summed E-state index contributed by atoms with van der Waals surface area (Å²) in [6, 6.07) is 9.02. The first kappa shape index (κ1) is 18.0. The molecule has 1 aromatic heterocycles. The maximum absolute atomic E-state index is 12.8. The van der Waals surface area contributed by atoms with Gasteiger partial charge in [0, 0.05) is 32.7 Å². The monoisotopic (exact) mass is 356 g/mol. The van der Waals surface area contributed by atoms with E-state index >= 15 is 0 Å². The van der Waals surface area contributed by atoms with E-state index in [1.807, 2.05) is 32.0 Å². The highest BCUT2D eigenvalue weighted by Gasteiger charge is 2.28. The zero-order valence-corrected chi connectivity index (χ0v) is 15.4. The van der Waals surface area contributed by atoms with Crippen molar-refractivity contribution in [1.29, 1.82) is 0 Å². The third-order valence-electron chi connectivity index (χ3n) is 4.61. The quantitative estimate of drug-likeness (QED) is 0.838. The Labute approximate surface area is 153 Å². The molecule has 2 heterocycles. The molecule has 0 aliphatic carbocycles. The van der Waals surface area contributed by atoms with Crippen molar-refractivity contribution in [2.24, 2.45) is 0 Å². The summed E-state index contributed by atoms with van der Waals surface area (Å²) in [7, 11) is 1.56. The van der Waals surface area contributed by atoms with E-state index in [0.29, 0.717) is 49.7 Å². The molecule has 0 bridgehead atoms. The van der Waals surface area contributed by atoms with Crippen LogP contribution in [0.1, 0.15) is 33.5 Å². The number of methoxy groups -OCH3 is 1. The largest absolute Gasteiger partial charge is 0.496 e. The van der Waals surface area contributed by atoms with Crippen molar-refractivity contribution in [3.63, 3.8) is 0 Å². The smallest absolute Gasteiger partial charge is 0.272 e. The number of nitrogens with zero attached hydrogens (tertiary/aromatic N) is 4. The van der Waals surface area contributed by atoms with Crippen LogP contribution in [0.15, 0.2) is 30.3 Å². The summed E-state index contributed by atoms with van der Waals surface area (Å²) < 4.78 is 7.01. The van der Waals surface area contributed by atoms with Crippen LogP contribution in [-0.4, -0.2) is 64.7 Å². The summed E-state index contributed by atoms with van der Waals surface area (Å²) in [5.41, 5.74) is 1.99. The molecule has 7 nitrogen and oxygen atoms in total. The molecule has 7 heteroatoms. The van der Waals surface area contributed by atoms with Crippen molar-refractivity contribution in [3.8, 4) is 5.75 Å². The fourth-order valence-electron chi connectivity index (χ4n) is 3.23. The number of para-hydroxylation sites is 1. The maximum Gasteiger partial charge on any atom is 0.272 e. The highest BCUT2D eigenvalue weighted by atomic mass is 16.5. The van der Waals surface area contributed by atoms with Crippen LogP contribution in [0.5, 0.6) is 5.75 Å². The predicted molar refractivity (Wildman–Crippen MR) is 97.4 cm³/mol. The minimum absolute atomic E-state index is 0.0307. The van der Waals surface area contributed by atoms with Crippen molar-refractivity contribution in [2.45, 2.75) is 20.4 Å². The number of carbonyl (C=O) groups excluding carboxylic acids is 2. The number of carbonyl (C=O) groups is 2. The van der Waals surface area contributed by atoms with Gasteiger partial charge in [-0.1, -0.05) is 12.1 Å². The molecule has 1 aliphatic heterocycles. The van der Waals surface area contributed by atoms with Crippen LogP contribution in [0.2, 0.25) is 0 Å². The Morgan fingerprint density at radius 1 is 1.08 bits per heavy atom. The number of benzene rings is 1. The lowest BCUT2D eigenvalue weighted by molar-refractivity contribution is 0.0527. The van der Waals surface area contributed by atoms with Crippen LogP contribution in [-0.2, 0) is 6.54 Å². The van der Waals surface area contributed by atoms with Gasteiger partial charge < -0.3 is 14.5 Å². The van der Waals surface area contributed by atoms with E-state index in [9.17, 15) is 9.59 Å². The topological polar surface area (TPSA) is 67.7 Å². The standard InChI is InChI=1S/C19H24N4O3/c1-4-23-16(13-14(2)20-23)19(25)22-11-9-21(10-12-22)18(24)15-7-5-6-8-17(15)26-3/h5-8,13H,4,9-12H2,1-3H3. The summed E-state index contributed by atoms with van der Waals surface area (Å²) in [6.07, 6.45) is 0. The summed E-state index contributed by atoms with van der Waals surface area (Å²) >= 11 is 0. The second-order valence-electron chi connectivity index (χ2n) is 6.27. The van der Waals surface area contributed by atoms with Crippen molar-refractivity contribution in [1.82, 2.24) is 19.6 Å². The van der Waals surface area contributed by atoms with Crippen molar-refractivity contribution in [2.75, 3.05) is 33.3 Å². The van der Waals surface area contributed by atoms with Gasteiger partial charge in [0.1, 0.15) is 11.4 Å². The van der Waals surface area contributed by atoms with Crippen LogP contribution in [0.3, 0.4) is 0 Å². The molecule has 1 aromatic carbocycles. The number of amides is 2. The summed E-state index contributed by atoms with van der Waals surface area (Å²) in [5.74, 6) is 0.471. The molecule has 26 heavy (non-hydrogen) atoms. The molecule has 0 radical (unpaired) electrons. The van der Waals surface area contributed by atoms with E-state index in [4.69, 9.17) is 4.74 Å². The molecule has 138 valence electrons. The Morgan fingerprint density at radius 3 is 2.31 bits per heavy atom. The number of hydrogen-bond acceptors (Lipinski definition) is 4. The number of aromatic nitrogens is 2. The van der Waals surface area contributed by atoms with E-state index in [0.717, 1.165) is 5.69 Å². The first-order valence-electron chi connectivity index (χ1n) is 8.81. The van der Waals surface area contributed by atoms with Gasteiger partial charge in [0.05, 0.1) is 18.4 Å². The molecule has 0 unspecified atom stereocenters. The molecule has 1 saturated heterocycles. The lowest BCUT2D eigenvalue weighted by Crippen LogP contribution is -2.51. The molecule has 2 amide bonds. The van der Waals surface area contributed by atoms with Crippen molar-refractivity contribution in [3.05, 3.63) is 47.3 Å². The number of rotatable bonds is 4. The Kier molecular flexibility index (Phi) is 5.25. The predicted octanol–water partition coefficient (Wildman–Crippen LogP) is 1.82. The molecule has 0 saturated carbocycles. The Balaban J connectivity index is 1.67. The van der Waals surface area contributed by atoms with Gasteiger partial charge in [-0.25, -0.2) is 0 Å². The molecule has 3 rings (SSSR count). The number of ether oxygens (including phenoxy) is 1. The maximum atomic E-state index is 12.8. The van der Waals surface area contributed by atoms with Gasteiger partial charge in [0.15, 0.2) is 0 Å². The number of aryl methyl sites for hydroxylation is 2. The molecule has 0 atom stereocenters. The first-order chi connectivity index (χ1) is 12.5. The highest BCUT2D eigenvalue weighted by Crippen LogP contribution is 2.20. The normalized spacial score (nSPS) is 14.4. The lowest BCUT2D eigenvalue weighted by atomic mass is 10.1. The van der Waals surface area contributed by atoms with Crippen LogP contribution in [0, 0.1) is 6.92 Å². The van der Waals surface area contributed by atoms with Gasteiger partial charge in [-0.3, -0.25) is 14.3 Å². The van der Waals surface area contributed by atoms with Gasteiger partial charge in [-0.15, -0.1) is 0 Å². The fourth-order valence-corrected chi connectivity index (χ4v) is 3.23. The van der Waals surface area contributed by atoms with E-state index < -0.39 is 0 Å². The van der Waals surface area contributed by atoms with E-state index in [1.54, 1.807) is 33.7 Å². The Bertz CT molecular complexity index is 807. The van der Waals surface area contributed by atoms with E-state index in [-0.39, 0.29) is 11.8 Å². The highest BCUT2D eigenvalue weighted by molar-refractivity contribution is 5.97. The zero-order valence-electron chi connectivity index (χ0n) is 15.4. The molecule has 2 aromatic rings. The first-order valence-corrected chi connectivity index (χ1v) is 8.81. The molecule has 0 N–H and O–H groups in total. The molecular weight excluding hydrogens is 332 g/mol. The zero-order chi connectivity index (χ0) is 18.7. The average molecular weight is 356 g/mol. The van der Waals surface area contributed by atoms with Gasteiger partial charge in [0.2, 0.25) is 0 Å².